The lowest BCUT2D eigenvalue weighted by atomic mass is 10.1. The van der Waals surface area contributed by atoms with E-state index in [9.17, 15) is 0 Å². The molecule has 0 aromatic heterocycles. The molecule has 0 saturated heterocycles. The molecule has 0 aliphatic heterocycles. The van der Waals surface area contributed by atoms with Gasteiger partial charge in [-0.3, -0.25) is 0 Å². The van der Waals surface area contributed by atoms with E-state index in [1.807, 2.05) is 0 Å². The Bertz CT molecular complexity index is 119. The molecular weight excluding hydrogens is 172 g/mol. The average molecular weight is 200 g/mol. The van der Waals surface area contributed by atoms with Crippen LogP contribution in [0.15, 0.2) is 0 Å². The molecule has 0 heterocycles. The molecule has 14 heavy (non-hydrogen) atoms. The van der Waals surface area contributed by atoms with E-state index >= 15 is 0 Å². The fraction of sp³-hybridized carbons (Fsp3) is 1.00. The fourth-order valence-corrected chi connectivity index (χ4v) is 1.99. The zero-order chi connectivity index (χ0) is 11.0. The fourth-order valence-electron chi connectivity index (χ4n) is 1.99. The molecule has 0 bridgehead atoms. The van der Waals surface area contributed by atoms with Gasteiger partial charge >= 0.3 is 0 Å². The van der Waals surface area contributed by atoms with Crippen LogP contribution in [-0.2, 0) is 0 Å². The van der Waals surface area contributed by atoms with Crippen molar-refractivity contribution in [3.63, 3.8) is 0 Å². The molecule has 0 unspecified atom stereocenters. The second-order valence-corrected chi connectivity index (χ2v) is 4.50. The van der Waals surface area contributed by atoms with Gasteiger partial charge in [-0.1, -0.05) is 27.7 Å². The average Bonchev–Trinajstić information content (AvgIpc) is 2.15. The van der Waals surface area contributed by atoms with Crippen molar-refractivity contribution in [2.24, 2.45) is 11.7 Å². The van der Waals surface area contributed by atoms with Crippen molar-refractivity contribution in [2.75, 3.05) is 19.6 Å². The Kier molecular flexibility index (Phi) is 8.20. The predicted molar refractivity (Wildman–Crippen MR) is 64.5 cm³/mol. The van der Waals surface area contributed by atoms with E-state index in [1.54, 1.807) is 0 Å². The van der Waals surface area contributed by atoms with Crippen LogP contribution in [0.1, 0.15) is 47.0 Å². The van der Waals surface area contributed by atoms with E-state index in [2.05, 4.69) is 32.6 Å². The van der Waals surface area contributed by atoms with Crippen LogP contribution in [0.3, 0.4) is 0 Å². The predicted octanol–water partition coefficient (Wildman–Crippen LogP) is 2.48. The van der Waals surface area contributed by atoms with Crippen LogP contribution >= 0.6 is 0 Å². The summed E-state index contributed by atoms with van der Waals surface area (Å²) in [6.07, 6.45) is 3.64. The molecule has 0 radical (unpaired) electrons. The van der Waals surface area contributed by atoms with Crippen molar-refractivity contribution in [1.29, 1.82) is 0 Å². The molecule has 0 rings (SSSR count). The normalized spacial score (nSPS) is 12.0. The molecule has 86 valence electrons. The molecule has 0 amide bonds. The maximum atomic E-state index is 5.56. The van der Waals surface area contributed by atoms with Gasteiger partial charge in [-0.05, 0) is 38.3 Å². The van der Waals surface area contributed by atoms with E-state index in [4.69, 9.17) is 5.73 Å². The van der Waals surface area contributed by atoms with E-state index < -0.39 is 0 Å². The molecule has 2 nitrogen and oxygen atoms in total. The van der Waals surface area contributed by atoms with Crippen LogP contribution in [0.25, 0.3) is 0 Å². The standard InChI is InChI=1S/C12H28N2/c1-5-12(6-2)14(9-7-8-13)10-11(3)4/h11-12H,5-10,13H2,1-4H3. The molecule has 0 spiro atoms. The summed E-state index contributed by atoms with van der Waals surface area (Å²) in [5.74, 6) is 0.758. The molecule has 2 heteroatoms. The first-order chi connectivity index (χ1) is 6.65. The summed E-state index contributed by atoms with van der Waals surface area (Å²) in [5, 5.41) is 0. The third-order valence-electron chi connectivity index (χ3n) is 2.71. The van der Waals surface area contributed by atoms with Crippen LogP contribution in [0.5, 0.6) is 0 Å². The molecule has 0 fully saturated rings. The highest BCUT2D eigenvalue weighted by Crippen LogP contribution is 2.11. The lowest BCUT2D eigenvalue weighted by Crippen LogP contribution is -2.38. The highest BCUT2D eigenvalue weighted by atomic mass is 15.1. The quantitative estimate of drug-likeness (QED) is 0.652. The lowest BCUT2D eigenvalue weighted by Gasteiger charge is -2.31. The Labute approximate surface area is 89.9 Å². The van der Waals surface area contributed by atoms with Gasteiger partial charge in [0.25, 0.3) is 0 Å². The zero-order valence-electron chi connectivity index (χ0n) is 10.4. The summed E-state index contributed by atoms with van der Waals surface area (Å²) in [7, 11) is 0. The third kappa shape index (κ3) is 5.61. The van der Waals surface area contributed by atoms with Crippen molar-refractivity contribution in [3.8, 4) is 0 Å². The monoisotopic (exact) mass is 200 g/mol. The highest BCUT2D eigenvalue weighted by Gasteiger charge is 2.15. The molecular formula is C12H28N2. The minimum absolute atomic E-state index is 0.754. The van der Waals surface area contributed by atoms with Gasteiger partial charge in [-0.2, -0.15) is 0 Å². The molecule has 0 saturated carbocycles. The number of rotatable bonds is 8. The Hall–Kier alpha value is -0.0800. The van der Waals surface area contributed by atoms with Crippen molar-refractivity contribution in [1.82, 2.24) is 4.90 Å². The third-order valence-corrected chi connectivity index (χ3v) is 2.71. The van der Waals surface area contributed by atoms with Crippen LogP contribution in [0.2, 0.25) is 0 Å². The SMILES string of the molecule is CCC(CC)N(CCCN)CC(C)C. The van der Waals surface area contributed by atoms with Gasteiger partial charge in [0.05, 0.1) is 0 Å². The molecule has 0 aromatic carbocycles. The maximum Gasteiger partial charge on any atom is 0.00901 e. The largest absolute Gasteiger partial charge is 0.330 e. The number of hydrogen-bond donors (Lipinski definition) is 1. The second-order valence-electron chi connectivity index (χ2n) is 4.50. The summed E-state index contributed by atoms with van der Waals surface area (Å²) in [6, 6.07) is 0.754. The lowest BCUT2D eigenvalue weighted by molar-refractivity contribution is 0.165. The smallest absolute Gasteiger partial charge is 0.00901 e. The van der Waals surface area contributed by atoms with Crippen molar-refractivity contribution < 1.29 is 0 Å². The molecule has 0 aromatic rings. The second kappa shape index (κ2) is 8.25. The number of nitrogens with zero attached hydrogens (tertiary/aromatic N) is 1. The van der Waals surface area contributed by atoms with Gasteiger partial charge < -0.3 is 10.6 Å². The summed E-state index contributed by atoms with van der Waals surface area (Å²) in [5.41, 5.74) is 5.56. The van der Waals surface area contributed by atoms with Crippen molar-refractivity contribution in [2.45, 2.75) is 53.0 Å². The van der Waals surface area contributed by atoms with Gasteiger partial charge in [-0.25, -0.2) is 0 Å². The Morgan fingerprint density at radius 3 is 2.07 bits per heavy atom. The first-order valence-corrected chi connectivity index (χ1v) is 6.09. The minimum Gasteiger partial charge on any atom is -0.330 e. The molecule has 0 aliphatic rings. The van der Waals surface area contributed by atoms with E-state index in [-0.39, 0.29) is 0 Å². The molecule has 2 N–H and O–H groups in total. The summed E-state index contributed by atoms with van der Waals surface area (Å²) in [4.78, 5) is 2.61. The van der Waals surface area contributed by atoms with Crippen molar-refractivity contribution in [3.05, 3.63) is 0 Å². The zero-order valence-corrected chi connectivity index (χ0v) is 10.4. The maximum absolute atomic E-state index is 5.56. The van der Waals surface area contributed by atoms with Gasteiger partial charge in [0.15, 0.2) is 0 Å². The Balaban J connectivity index is 4.06. The topological polar surface area (TPSA) is 29.3 Å². The molecule has 0 atom stereocenters. The van der Waals surface area contributed by atoms with Crippen LogP contribution < -0.4 is 5.73 Å². The van der Waals surface area contributed by atoms with Gasteiger partial charge in [0.1, 0.15) is 0 Å². The van der Waals surface area contributed by atoms with E-state index in [0.29, 0.717) is 0 Å². The van der Waals surface area contributed by atoms with Gasteiger partial charge in [-0.15, -0.1) is 0 Å². The van der Waals surface area contributed by atoms with Crippen LogP contribution in [-0.4, -0.2) is 30.6 Å². The number of nitrogens with two attached hydrogens (primary N) is 1. The molecule has 0 aliphatic carbocycles. The summed E-state index contributed by atoms with van der Waals surface area (Å²) in [6.45, 7) is 12.3. The minimum atomic E-state index is 0.754. The first-order valence-electron chi connectivity index (χ1n) is 6.09. The number of hydrogen-bond acceptors (Lipinski definition) is 2. The van der Waals surface area contributed by atoms with E-state index in [0.717, 1.165) is 24.9 Å². The van der Waals surface area contributed by atoms with E-state index in [1.165, 1.54) is 25.9 Å². The highest BCUT2D eigenvalue weighted by molar-refractivity contribution is 4.70. The van der Waals surface area contributed by atoms with Gasteiger partial charge in [0.2, 0.25) is 0 Å². The Morgan fingerprint density at radius 2 is 1.71 bits per heavy atom. The van der Waals surface area contributed by atoms with Crippen LogP contribution in [0, 0.1) is 5.92 Å². The Morgan fingerprint density at radius 1 is 1.14 bits per heavy atom. The summed E-state index contributed by atoms with van der Waals surface area (Å²) < 4.78 is 0. The van der Waals surface area contributed by atoms with Crippen molar-refractivity contribution >= 4 is 0 Å². The van der Waals surface area contributed by atoms with Crippen LogP contribution in [0.4, 0.5) is 0 Å². The first kappa shape index (κ1) is 13.9. The summed E-state index contributed by atoms with van der Waals surface area (Å²) >= 11 is 0. The van der Waals surface area contributed by atoms with Gasteiger partial charge in [0, 0.05) is 12.6 Å².